The lowest BCUT2D eigenvalue weighted by Crippen LogP contribution is -2.60. The molecule has 1 saturated heterocycles. The number of nitro benzene ring substituents is 1. The van der Waals surface area contributed by atoms with Gasteiger partial charge in [0.15, 0.2) is 0 Å². The number of rotatable bonds is 5. The summed E-state index contributed by atoms with van der Waals surface area (Å²) >= 11 is 0. The van der Waals surface area contributed by atoms with Gasteiger partial charge in [0.1, 0.15) is 30.0 Å². The first kappa shape index (κ1) is 26.9. The molecule has 11 nitrogen and oxygen atoms in total. The third-order valence-corrected chi connectivity index (χ3v) is 4.71. The van der Waals surface area contributed by atoms with Gasteiger partial charge in [-0.1, -0.05) is 0 Å². The Balaban J connectivity index is 2.17. The number of piperidine rings is 1. The van der Waals surface area contributed by atoms with Gasteiger partial charge in [-0.3, -0.25) is 15.0 Å². The lowest BCUT2D eigenvalue weighted by molar-refractivity contribution is -0.384. The van der Waals surface area contributed by atoms with Crippen LogP contribution in [-0.4, -0.2) is 51.4 Å². The molecule has 0 bridgehead atoms. The number of esters is 1. The average Bonchev–Trinajstić information content (AvgIpc) is 2.69. The summed E-state index contributed by atoms with van der Waals surface area (Å²) in [5.41, 5.74) is -1.08. The van der Waals surface area contributed by atoms with Crippen LogP contribution < -0.4 is 5.32 Å². The number of hydrogen-bond acceptors (Lipinski definition) is 8. The molecule has 1 fully saturated rings. The van der Waals surface area contributed by atoms with Crippen molar-refractivity contribution in [3.63, 3.8) is 0 Å². The van der Waals surface area contributed by atoms with Gasteiger partial charge in [-0.25, -0.2) is 14.4 Å². The number of carbonyl (C=O) groups excluding carboxylic acids is 3. The minimum Gasteiger partial charge on any atom is -0.459 e. The zero-order chi connectivity index (χ0) is 25.7. The van der Waals surface area contributed by atoms with Crippen LogP contribution in [0.5, 0.6) is 0 Å². The van der Waals surface area contributed by atoms with Crippen LogP contribution >= 0.6 is 0 Å². The molecule has 1 aliphatic heterocycles. The molecule has 188 valence electrons. The Hall–Kier alpha value is -3.37. The van der Waals surface area contributed by atoms with Crippen LogP contribution in [0.25, 0.3) is 0 Å². The minimum absolute atomic E-state index is 0.0745. The number of hydrogen-bond donors (Lipinski definition) is 1. The number of likely N-dealkylation sites (tertiary alicyclic amines) is 1. The Bertz CT molecular complexity index is 902. The SMILES string of the molecule is CC(C)(C)OC(=O)NC1CCC[C@@H](C(=O)OCc2ccc([N+](=O)[O-])cc2)N1C(=O)OC(C)(C)C. The van der Waals surface area contributed by atoms with Gasteiger partial charge in [-0.15, -0.1) is 0 Å². The molecular weight excluding hydrogens is 446 g/mol. The zero-order valence-electron chi connectivity index (χ0n) is 20.5. The summed E-state index contributed by atoms with van der Waals surface area (Å²) in [6.07, 6.45) is -1.01. The fourth-order valence-electron chi connectivity index (χ4n) is 3.35. The van der Waals surface area contributed by atoms with Gasteiger partial charge in [-0.05, 0) is 78.5 Å². The smallest absolute Gasteiger partial charge is 0.412 e. The van der Waals surface area contributed by atoms with E-state index in [0.717, 1.165) is 0 Å². The number of amides is 2. The molecule has 0 aromatic heterocycles. The van der Waals surface area contributed by atoms with E-state index in [1.54, 1.807) is 41.5 Å². The normalized spacial score (nSPS) is 18.6. The highest BCUT2D eigenvalue weighted by Crippen LogP contribution is 2.26. The van der Waals surface area contributed by atoms with E-state index in [1.165, 1.54) is 29.2 Å². The first-order valence-corrected chi connectivity index (χ1v) is 11.1. The molecule has 0 aliphatic carbocycles. The largest absolute Gasteiger partial charge is 0.459 e. The molecule has 0 saturated carbocycles. The summed E-state index contributed by atoms with van der Waals surface area (Å²) in [4.78, 5) is 49.8. The van der Waals surface area contributed by atoms with Crippen molar-refractivity contribution in [3.05, 3.63) is 39.9 Å². The molecule has 2 amide bonds. The number of nitrogens with zero attached hydrogens (tertiary/aromatic N) is 2. The Kier molecular flexibility index (Phi) is 8.46. The molecule has 11 heteroatoms. The molecule has 1 aromatic carbocycles. The highest BCUT2D eigenvalue weighted by molar-refractivity contribution is 5.82. The monoisotopic (exact) mass is 479 g/mol. The van der Waals surface area contributed by atoms with Gasteiger partial charge >= 0.3 is 18.2 Å². The number of non-ortho nitro benzene ring substituents is 1. The summed E-state index contributed by atoms with van der Waals surface area (Å²) in [5.74, 6) is -0.667. The Morgan fingerprint density at radius 2 is 1.62 bits per heavy atom. The van der Waals surface area contributed by atoms with Crippen molar-refractivity contribution in [1.82, 2.24) is 10.2 Å². The summed E-state index contributed by atoms with van der Waals surface area (Å²) in [6, 6.07) is 4.63. The fourth-order valence-corrected chi connectivity index (χ4v) is 3.35. The summed E-state index contributed by atoms with van der Waals surface area (Å²) in [7, 11) is 0. The number of alkyl carbamates (subject to hydrolysis) is 1. The summed E-state index contributed by atoms with van der Waals surface area (Å²) < 4.78 is 16.2. The standard InChI is InChI=1S/C23H33N3O8/c1-22(2,3)33-20(28)24-18-9-7-8-17(25(18)21(29)34-23(4,5)6)19(27)32-14-15-10-12-16(13-11-15)26(30)31/h10-13,17-18H,7-9,14H2,1-6H3,(H,24,28)/t17-,18?/m0/s1. The van der Waals surface area contributed by atoms with Crippen LogP contribution in [-0.2, 0) is 25.6 Å². The maximum Gasteiger partial charge on any atom is 0.412 e. The quantitative estimate of drug-likeness (QED) is 0.286. The van der Waals surface area contributed by atoms with E-state index in [2.05, 4.69) is 5.32 Å². The topological polar surface area (TPSA) is 137 Å². The van der Waals surface area contributed by atoms with Crippen molar-refractivity contribution in [2.45, 2.75) is 90.8 Å². The predicted molar refractivity (Wildman–Crippen MR) is 122 cm³/mol. The van der Waals surface area contributed by atoms with E-state index in [9.17, 15) is 24.5 Å². The van der Waals surface area contributed by atoms with Crippen LogP contribution in [0.1, 0.15) is 66.4 Å². The van der Waals surface area contributed by atoms with Crippen molar-refractivity contribution >= 4 is 23.8 Å². The van der Waals surface area contributed by atoms with Crippen molar-refractivity contribution in [3.8, 4) is 0 Å². The highest BCUT2D eigenvalue weighted by atomic mass is 16.6. The van der Waals surface area contributed by atoms with Crippen LogP contribution in [0, 0.1) is 10.1 Å². The summed E-state index contributed by atoms with van der Waals surface area (Å²) in [5, 5.41) is 13.5. The second-order valence-electron chi connectivity index (χ2n) is 10.0. The van der Waals surface area contributed by atoms with E-state index >= 15 is 0 Å². The van der Waals surface area contributed by atoms with Gasteiger partial charge < -0.3 is 19.5 Å². The Labute approximate surface area is 198 Å². The van der Waals surface area contributed by atoms with Gasteiger partial charge in [0, 0.05) is 12.1 Å². The van der Waals surface area contributed by atoms with E-state index in [-0.39, 0.29) is 12.3 Å². The number of nitro groups is 1. The molecule has 2 atom stereocenters. The maximum absolute atomic E-state index is 13.0. The molecule has 1 heterocycles. The van der Waals surface area contributed by atoms with Crippen LogP contribution in [0.4, 0.5) is 15.3 Å². The first-order valence-electron chi connectivity index (χ1n) is 11.1. The second kappa shape index (κ2) is 10.7. The maximum atomic E-state index is 13.0. The molecule has 0 radical (unpaired) electrons. The van der Waals surface area contributed by atoms with Crippen molar-refractivity contribution in [2.24, 2.45) is 0 Å². The number of benzene rings is 1. The van der Waals surface area contributed by atoms with Crippen molar-refractivity contribution in [2.75, 3.05) is 0 Å². The van der Waals surface area contributed by atoms with Crippen LogP contribution in [0.2, 0.25) is 0 Å². The minimum atomic E-state index is -0.985. The predicted octanol–water partition coefficient (Wildman–Crippen LogP) is 4.28. The number of carbonyl (C=O) groups is 3. The lowest BCUT2D eigenvalue weighted by Gasteiger charge is -2.41. The Morgan fingerprint density at radius 1 is 1.03 bits per heavy atom. The van der Waals surface area contributed by atoms with Gasteiger partial charge in [-0.2, -0.15) is 0 Å². The van der Waals surface area contributed by atoms with Crippen molar-refractivity contribution in [1.29, 1.82) is 0 Å². The van der Waals surface area contributed by atoms with Gasteiger partial charge in [0.25, 0.3) is 5.69 Å². The Morgan fingerprint density at radius 3 is 2.15 bits per heavy atom. The zero-order valence-corrected chi connectivity index (χ0v) is 20.5. The lowest BCUT2D eigenvalue weighted by atomic mass is 10.00. The number of nitrogens with one attached hydrogen (secondary N) is 1. The highest BCUT2D eigenvalue weighted by Gasteiger charge is 2.42. The average molecular weight is 480 g/mol. The molecule has 1 N–H and O–H groups in total. The molecule has 1 aromatic rings. The van der Waals surface area contributed by atoms with Crippen LogP contribution in [0.15, 0.2) is 24.3 Å². The fraction of sp³-hybridized carbons (Fsp3) is 0.609. The van der Waals surface area contributed by atoms with Crippen LogP contribution in [0.3, 0.4) is 0 Å². The van der Waals surface area contributed by atoms with E-state index in [4.69, 9.17) is 14.2 Å². The summed E-state index contributed by atoms with van der Waals surface area (Å²) in [6.45, 7) is 10.1. The number of ether oxygens (including phenoxy) is 3. The van der Waals surface area contributed by atoms with Gasteiger partial charge in [0.05, 0.1) is 4.92 Å². The third-order valence-electron chi connectivity index (χ3n) is 4.71. The molecule has 1 unspecified atom stereocenters. The van der Waals surface area contributed by atoms with E-state index < -0.39 is 46.5 Å². The molecule has 1 aliphatic rings. The molecule has 34 heavy (non-hydrogen) atoms. The van der Waals surface area contributed by atoms with E-state index in [1.807, 2.05) is 0 Å². The van der Waals surface area contributed by atoms with E-state index in [0.29, 0.717) is 24.8 Å². The third kappa shape index (κ3) is 8.20. The molecule has 2 rings (SSSR count). The second-order valence-corrected chi connectivity index (χ2v) is 10.0. The molecular formula is C23H33N3O8. The molecule has 0 spiro atoms. The van der Waals surface area contributed by atoms with Gasteiger partial charge in [0.2, 0.25) is 0 Å². The van der Waals surface area contributed by atoms with Crippen molar-refractivity contribution < 1.29 is 33.5 Å². The first-order chi connectivity index (χ1) is 15.7.